The van der Waals surface area contributed by atoms with Crippen LogP contribution in [0.4, 0.5) is 5.82 Å². The van der Waals surface area contributed by atoms with Crippen molar-refractivity contribution >= 4 is 11.7 Å². The number of anilines is 1. The highest BCUT2D eigenvalue weighted by atomic mass is 16.3. The van der Waals surface area contributed by atoms with Gasteiger partial charge in [0.05, 0.1) is 12.7 Å². The highest BCUT2D eigenvalue weighted by Gasteiger charge is 2.27. The summed E-state index contributed by atoms with van der Waals surface area (Å²) < 4.78 is 5.17. The van der Waals surface area contributed by atoms with Gasteiger partial charge in [-0.2, -0.15) is 0 Å². The maximum atomic E-state index is 12.5. The Kier molecular flexibility index (Phi) is 7.19. The summed E-state index contributed by atoms with van der Waals surface area (Å²) in [5.74, 6) is 1.30. The number of carbonyl (C=O) groups excluding carboxylic acids is 1. The fraction of sp³-hybridized carbons (Fsp3) is 0.609. The summed E-state index contributed by atoms with van der Waals surface area (Å²) in [6.45, 7) is 11.4. The third kappa shape index (κ3) is 5.62. The van der Waals surface area contributed by atoms with Gasteiger partial charge in [0.25, 0.3) is 5.91 Å². The van der Waals surface area contributed by atoms with Crippen LogP contribution < -0.4 is 10.2 Å². The number of rotatable bonds is 6. The molecule has 0 atom stereocenters. The summed E-state index contributed by atoms with van der Waals surface area (Å²) in [4.78, 5) is 28.6. The molecule has 4 rings (SSSR count). The van der Waals surface area contributed by atoms with E-state index < -0.39 is 0 Å². The molecule has 1 N–H and O–H groups in total. The molecule has 8 heteroatoms. The molecule has 8 nitrogen and oxygen atoms in total. The second-order valence-corrected chi connectivity index (χ2v) is 8.77. The van der Waals surface area contributed by atoms with Crippen molar-refractivity contribution in [3.05, 3.63) is 42.2 Å². The van der Waals surface area contributed by atoms with Crippen LogP contribution in [-0.2, 0) is 6.54 Å². The topological polar surface area (TPSA) is 77.7 Å². The lowest BCUT2D eigenvalue weighted by atomic mass is 10.0. The number of nitrogens with one attached hydrogen (secondary N) is 1. The average molecular weight is 427 g/mol. The van der Waals surface area contributed by atoms with Crippen LogP contribution in [0.5, 0.6) is 0 Å². The maximum Gasteiger partial charge on any atom is 0.270 e. The summed E-state index contributed by atoms with van der Waals surface area (Å²) >= 11 is 0. The Bertz CT molecular complexity index is 832. The van der Waals surface area contributed by atoms with E-state index in [4.69, 9.17) is 4.42 Å². The number of hydrogen-bond acceptors (Lipinski definition) is 7. The quantitative estimate of drug-likeness (QED) is 0.760. The Morgan fingerprint density at radius 2 is 2.00 bits per heavy atom. The van der Waals surface area contributed by atoms with E-state index in [0.29, 0.717) is 30.1 Å². The molecule has 0 radical (unpaired) electrons. The Labute approximate surface area is 184 Å². The monoisotopic (exact) mass is 426 g/mol. The molecular weight excluding hydrogens is 392 g/mol. The molecule has 168 valence electrons. The van der Waals surface area contributed by atoms with Crippen molar-refractivity contribution in [2.24, 2.45) is 0 Å². The molecule has 2 saturated heterocycles. The number of carbonyl (C=O) groups is 1. The van der Waals surface area contributed by atoms with E-state index in [1.165, 1.54) is 32.3 Å². The number of amides is 1. The molecule has 0 spiro atoms. The number of piperidine rings is 1. The molecule has 2 aliphatic heterocycles. The van der Waals surface area contributed by atoms with Gasteiger partial charge < -0.3 is 19.5 Å². The van der Waals surface area contributed by atoms with Crippen LogP contribution in [0.25, 0.3) is 0 Å². The Hall–Kier alpha value is -2.45. The Morgan fingerprint density at radius 1 is 1.16 bits per heavy atom. The van der Waals surface area contributed by atoms with Gasteiger partial charge in [0.2, 0.25) is 0 Å². The zero-order valence-corrected chi connectivity index (χ0v) is 18.7. The molecule has 2 fully saturated rings. The van der Waals surface area contributed by atoms with Gasteiger partial charge in [-0.3, -0.25) is 9.69 Å². The van der Waals surface area contributed by atoms with E-state index in [2.05, 4.69) is 43.8 Å². The number of pyridine rings is 1. The van der Waals surface area contributed by atoms with E-state index >= 15 is 0 Å². The third-order valence-corrected chi connectivity index (χ3v) is 6.47. The van der Waals surface area contributed by atoms with Gasteiger partial charge >= 0.3 is 0 Å². The van der Waals surface area contributed by atoms with Crippen molar-refractivity contribution in [1.29, 1.82) is 0 Å². The minimum Gasteiger partial charge on any atom is -0.447 e. The summed E-state index contributed by atoms with van der Waals surface area (Å²) in [6, 6.07) is 7.01. The maximum absolute atomic E-state index is 12.5. The van der Waals surface area contributed by atoms with Gasteiger partial charge in [0.15, 0.2) is 6.39 Å². The normalized spacial score (nSPS) is 19.5. The zero-order valence-electron chi connectivity index (χ0n) is 18.7. The average Bonchev–Trinajstić information content (AvgIpc) is 3.20. The molecule has 0 saturated carbocycles. The highest BCUT2D eigenvalue weighted by molar-refractivity contribution is 5.92. The van der Waals surface area contributed by atoms with Gasteiger partial charge in [-0.05, 0) is 58.3 Å². The third-order valence-electron chi connectivity index (χ3n) is 6.47. The van der Waals surface area contributed by atoms with E-state index in [-0.39, 0.29) is 5.91 Å². The van der Waals surface area contributed by atoms with Crippen LogP contribution in [0.15, 0.2) is 35.2 Å². The van der Waals surface area contributed by atoms with Crippen LogP contribution in [0.1, 0.15) is 49.4 Å². The zero-order chi connectivity index (χ0) is 21.6. The summed E-state index contributed by atoms with van der Waals surface area (Å²) in [5.41, 5.74) is 0.430. The fourth-order valence-electron chi connectivity index (χ4n) is 4.61. The molecule has 0 aromatic carbocycles. The molecule has 4 heterocycles. The minimum absolute atomic E-state index is 0.202. The lowest BCUT2D eigenvalue weighted by Gasteiger charge is -2.39. The van der Waals surface area contributed by atoms with Crippen LogP contribution in [0.2, 0.25) is 0 Å². The van der Waals surface area contributed by atoms with E-state index in [0.717, 1.165) is 38.4 Å². The van der Waals surface area contributed by atoms with E-state index in [1.54, 1.807) is 12.3 Å². The summed E-state index contributed by atoms with van der Waals surface area (Å²) in [6.07, 6.45) is 6.60. The van der Waals surface area contributed by atoms with Gasteiger partial charge in [-0.15, -0.1) is 0 Å². The second kappa shape index (κ2) is 10.2. The molecule has 2 aromatic heterocycles. The van der Waals surface area contributed by atoms with Gasteiger partial charge in [-0.25, -0.2) is 9.97 Å². The summed E-state index contributed by atoms with van der Waals surface area (Å²) in [7, 11) is 0. The molecule has 1 amide bonds. The van der Waals surface area contributed by atoms with Gasteiger partial charge in [0.1, 0.15) is 17.3 Å². The molecule has 0 unspecified atom stereocenters. The largest absolute Gasteiger partial charge is 0.447 e. The van der Waals surface area contributed by atoms with Gasteiger partial charge in [-0.1, -0.05) is 6.07 Å². The predicted octanol–water partition coefficient (Wildman–Crippen LogP) is 2.38. The first-order valence-electron chi connectivity index (χ1n) is 11.5. The van der Waals surface area contributed by atoms with E-state index in [9.17, 15) is 4.79 Å². The first-order valence-corrected chi connectivity index (χ1v) is 11.5. The van der Waals surface area contributed by atoms with E-state index in [1.807, 2.05) is 12.1 Å². The van der Waals surface area contributed by atoms with Crippen molar-refractivity contribution in [2.45, 2.75) is 51.7 Å². The number of oxazole rings is 1. The first-order chi connectivity index (χ1) is 15.1. The smallest absolute Gasteiger partial charge is 0.270 e. The van der Waals surface area contributed by atoms with Gasteiger partial charge in [0, 0.05) is 38.3 Å². The molecule has 2 aromatic rings. The fourth-order valence-corrected chi connectivity index (χ4v) is 4.61. The minimum atomic E-state index is -0.202. The second-order valence-electron chi connectivity index (χ2n) is 8.77. The number of hydrogen-bond donors (Lipinski definition) is 1. The van der Waals surface area contributed by atoms with Crippen molar-refractivity contribution in [2.75, 3.05) is 44.2 Å². The van der Waals surface area contributed by atoms with Crippen LogP contribution in [0.3, 0.4) is 0 Å². The van der Waals surface area contributed by atoms with Crippen molar-refractivity contribution in [3.63, 3.8) is 0 Å². The Balaban J connectivity index is 1.32. The van der Waals surface area contributed by atoms with Crippen LogP contribution in [0, 0.1) is 0 Å². The standard InChI is InChI=1S/C23H34N6O2/c1-18(2)27-11-7-19(8-12-27)28-9-4-10-29(14-13-28)22-6-3-5-21(26-22)23(30)25-16-20-15-24-17-31-20/h3,5-6,15,17-19H,4,7-14,16H2,1-2H3,(H,25,30). The predicted molar refractivity (Wildman–Crippen MR) is 120 cm³/mol. The molecule has 31 heavy (non-hydrogen) atoms. The highest BCUT2D eigenvalue weighted by Crippen LogP contribution is 2.21. The SMILES string of the molecule is CC(C)N1CCC(N2CCCN(c3cccc(C(=O)NCc4cnco4)n3)CC2)CC1. The Morgan fingerprint density at radius 3 is 2.74 bits per heavy atom. The molecular formula is C23H34N6O2. The number of nitrogens with zero attached hydrogens (tertiary/aromatic N) is 5. The van der Waals surface area contributed by atoms with Crippen molar-refractivity contribution in [3.8, 4) is 0 Å². The summed E-state index contributed by atoms with van der Waals surface area (Å²) in [5, 5.41) is 2.84. The van der Waals surface area contributed by atoms with Crippen molar-refractivity contribution < 1.29 is 9.21 Å². The molecule has 0 bridgehead atoms. The molecule has 0 aliphatic carbocycles. The van der Waals surface area contributed by atoms with Crippen molar-refractivity contribution in [1.82, 2.24) is 25.1 Å². The first kappa shape index (κ1) is 21.8. The number of aromatic nitrogens is 2. The van der Waals surface area contributed by atoms with Crippen LogP contribution in [-0.4, -0.2) is 77.0 Å². The molecule has 2 aliphatic rings. The van der Waals surface area contributed by atoms with Crippen LogP contribution >= 0.6 is 0 Å². The lowest BCUT2D eigenvalue weighted by Crippen LogP contribution is -2.47. The number of likely N-dealkylation sites (tertiary alicyclic amines) is 1. The lowest BCUT2D eigenvalue weighted by molar-refractivity contribution is 0.0943.